The molecule has 16 heavy (non-hydrogen) atoms. The van der Waals surface area contributed by atoms with Gasteiger partial charge in [-0.05, 0) is 19.8 Å². The first-order valence-electron chi connectivity index (χ1n) is 5.88. The lowest BCUT2D eigenvalue weighted by Crippen LogP contribution is -2.39. The van der Waals surface area contributed by atoms with E-state index >= 15 is 0 Å². The molecule has 2 unspecified atom stereocenters. The van der Waals surface area contributed by atoms with Crippen LogP contribution in [0.5, 0.6) is 0 Å². The molecule has 0 aliphatic heterocycles. The first kappa shape index (κ1) is 15.4. The first-order chi connectivity index (χ1) is 7.47. The van der Waals surface area contributed by atoms with Crippen LogP contribution in [0.4, 0.5) is 0 Å². The molecule has 0 radical (unpaired) electrons. The lowest BCUT2D eigenvalue weighted by molar-refractivity contribution is 0.482. The highest BCUT2D eigenvalue weighted by Crippen LogP contribution is 2.09. The Bertz CT molecular complexity index is 319. The molecule has 0 rings (SSSR count). The second-order valence-electron chi connectivity index (χ2n) is 4.06. The minimum absolute atomic E-state index is 0.0225. The van der Waals surface area contributed by atoms with E-state index in [1.54, 1.807) is 6.07 Å². The smallest absolute Gasteiger partial charge is 0.211 e. The Labute approximate surface area is 99.1 Å². The van der Waals surface area contributed by atoms with Gasteiger partial charge in [-0.15, -0.1) is 0 Å². The van der Waals surface area contributed by atoms with E-state index in [0.29, 0.717) is 0 Å². The third kappa shape index (κ3) is 5.47. The van der Waals surface area contributed by atoms with Crippen molar-refractivity contribution in [3.05, 3.63) is 0 Å². The maximum atomic E-state index is 11.7. The lowest BCUT2D eigenvalue weighted by atomic mass is 10.1. The van der Waals surface area contributed by atoms with Crippen molar-refractivity contribution in [1.82, 2.24) is 4.72 Å². The molecular weight excluding hydrogens is 224 g/mol. The summed E-state index contributed by atoms with van der Waals surface area (Å²) in [6.45, 7) is 5.52. The Morgan fingerprint density at radius 1 is 1.25 bits per heavy atom. The van der Waals surface area contributed by atoms with Gasteiger partial charge in [0.2, 0.25) is 10.0 Å². The Balaban J connectivity index is 4.44. The lowest BCUT2D eigenvalue weighted by Gasteiger charge is -2.18. The molecule has 0 amide bonds. The highest BCUT2D eigenvalue weighted by atomic mass is 32.2. The molecule has 0 aromatic heterocycles. The Morgan fingerprint density at radius 3 is 2.31 bits per heavy atom. The predicted molar refractivity (Wildman–Crippen MR) is 65.4 cm³/mol. The zero-order chi connectivity index (χ0) is 12.6. The number of unbranched alkanes of at least 4 members (excludes halogenated alkanes) is 1. The van der Waals surface area contributed by atoms with E-state index in [4.69, 9.17) is 5.26 Å². The van der Waals surface area contributed by atoms with Crippen LogP contribution in [0.1, 0.15) is 52.9 Å². The fourth-order valence-corrected chi connectivity index (χ4v) is 2.51. The van der Waals surface area contributed by atoms with Crippen LogP contribution < -0.4 is 4.72 Å². The molecular formula is C11H22N2O2S. The summed E-state index contributed by atoms with van der Waals surface area (Å²) in [6.07, 6.45) is 4.68. The second-order valence-corrected chi connectivity index (χ2v) is 6.09. The van der Waals surface area contributed by atoms with Crippen LogP contribution in [0.15, 0.2) is 0 Å². The second kappa shape index (κ2) is 7.64. The fourth-order valence-electron chi connectivity index (χ4n) is 1.46. The van der Waals surface area contributed by atoms with Gasteiger partial charge in [-0.25, -0.2) is 13.1 Å². The SMILES string of the molecule is CCCCC(CCC)NS(=O)(=O)C(C)C#N. The summed E-state index contributed by atoms with van der Waals surface area (Å²) in [5, 5.41) is 7.64. The van der Waals surface area contributed by atoms with Gasteiger partial charge in [-0.1, -0.05) is 33.1 Å². The quantitative estimate of drug-likeness (QED) is 0.713. The topological polar surface area (TPSA) is 70.0 Å². The summed E-state index contributed by atoms with van der Waals surface area (Å²) in [7, 11) is -3.47. The molecule has 0 aliphatic rings. The third-order valence-corrected chi connectivity index (χ3v) is 4.22. The summed E-state index contributed by atoms with van der Waals surface area (Å²) < 4.78 is 26.0. The van der Waals surface area contributed by atoms with Crippen molar-refractivity contribution in [2.24, 2.45) is 0 Å². The Morgan fingerprint density at radius 2 is 1.88 bits per heavy atom. The van der Waals surface area contributed by atoms with Crippen LogP contribution in [0.2, 0.25) is 0 Å². The molecule has 0 heterocycles. The molecule has 1 N–H and O–H groups in total. The molecule has 0 spiro atoms. The molecule has 0 aromatic rings. The van der Waals surface area contributed by atoms with Crippen molar-refractivity contribution >= 4 is 10.0 Å². The van der Waals surface area contributed by atoms with Crippen LogP contribution in [0, 0.1) is 11.3 Å². The largest absolute Gasteiger partial charge is 0.227 e. The van der Waals surface area contributed by atoms with Crippen LogP contribution in [-0.2, 0) is 10.0 Å². The summed E-state index contributed by atoms with van der Waals surface area (Å²) in [5.41, 5.74) is 0. The van der Waals surface area contributed by atoms with Crippen molar-refractivity contribution in [2.75, 3.05) is 0 Å². The number of rotatable bonds is 8. The average Bonchev–Trinajstić information content (AvgIpc) is 2.24. The molecule has 4 nitrogen and oxygen atoms in total. The minimum atomic E-state index is -3.47. The highest BCUT2D eigenvalue weighted by Gasteiger charge is 2.23. The average molecular weight is 246 g/mol. The van der Waals surface area contributed by atoms with Crippen molar-refractivity contribution in [1.29, 1.82) is 5.26 Å². The Hall–Kier alpha value is -0.600. The molecule has 0 aromatic carbocycles. The molecule has 0 saturated carbocycles. The van der Waals surface area contributed by atoms with E-state index in [-0.39, 0.29) is 6.04 Å². The van der Waals surface area contributed by atoms with Gasteiger partial charge in [0.25, 0.3) is 0 Å². The van der Waals surface area contributed by atoms with Gasteiger partial charge in [-0.3, -0.25) is 0 Å². The van der Waals surface area contributed by atoms with Crippen molar-refractivity contribution in [3.63, 3.8) is 0 Å². The predicted octanol–water partition coefficient (Wildman–Crippen LogP) is 2.18. The number of nitriles is 1. The third-order valence-electron chi connectivity index (χ3n) is 2.52. The minimum Gasteiger partial charge on any atom is -0.211 e. The molecule has 5 heteroatoms. The van der Waals surface area contributed by atoms with E-state index < -0.39 is 15.3 Å². The van der Waals surface area contributed by atoms with Crippen molar-refractivity contribution in [3.8, 4) is 6.07 Å². The highest BCUT2D eigenvalue weighted by molar-refractivity contribution is 7.90. The monoisotopic (exact) mass is 246 g/mol. The first-order valence-corrected chi connectivity index (χ1v) is 7.43. The summed E-state index contributed by atoms with van der Waals surface area (Å²) in [5.74, 6) is 0. The molecule has 0 fully saturated rings. The maximum Gasteiger partial charge on any atom is 0.227 e. The summed E-state index contributed by atoms with van der Waals surface area (Å²) in [6, 6.07) is 1.74. The summed E-state index contributed by atoms with van der Waals surface area (Å²) in [4.78, 5) is 0. The van der Waals surface area contributed by atoms with Gasteiger partial charge in [0.15, 0.2) is 5.25 Å². The number of nitrogens with one attached hydrogen (secondary N) is 1. The van der Waals surface area contributed by atoms with Crippen molar-refractivity contribution in [2.45, 2.75) is 64.2 Å². The normalized spacial score (nSPS) is 15.4. The van der Waals surface area contributed by atoms with Gasteiger partial charge < -0.3 is 0 Å². The Kier molecular flexibility index (Phi) is 7.35. The molecule has 0 bridgehead atoms. The zero-order valence-electron chi connectivity index (χ0n) is 10.4. The van der Waals surface area contributed by atoms with E-state index in [9.17, 15) is 8.42 Å². The molecule has 0 aliphatic carbocycles. The van der Waals surface area contributed by atoms with Gasteiger partial charge in [0.1, 0.15) is 0 Å². The number of hydrogen-bond acceptors (Lipinski definition) is 3. The van der Waals surface area contributed by atoms with E-state index in [1.165, 1.54) is 6.92 Å². The maximum absolute atomic E-state index is 11.7. The van der Waals surface area contributed by atoms with Gasteiger partial charge in [-0.2, -0.15) is 5.26 Å². The van der Waals surface area contributed by atoms with E-state index in [1.807, 2.05) is 6.92 Å². The number of sulfonamides is 1. The van der Waals surface area contributed by atoms with Gasteiger partial charge in [0.05, 0.1) is 6.07 Å². The van der Waals surface area contributed by atoms with Crippen LogP contribution >= 0.6 is 0 Å². The van der Waals surface area contributed by atoms with Crippen LogP contribution in [-0.4, -0.2) is 19.7 Å². The number of hydrogen-bond donors (Lipinski definition) is 1. The van der Waals surface area contributed by atoms with Gasteiger partial charge in [0, 0.05) is 6.04 Å². The zero-order valence-corrected chi connectivity index (χ0v) is 11.2. The van der Waals surface area contributed by atoms with Crippen LogP contribution in [0.25, 0.3) is 0 Å². The number of nitrogens with zero attached hydrogens (tertiary/aromatic N) is 1. The standard InChI is InChI=1S/C11H22N2O2S/c1-4-6-8-11(7-5-2)13-16(14,15)10(3)9-12/h10-11,13H,4-8H2,1-3H3. The molecule has 94 valence electrons. The van der Waals surface area contributed by atoms with E-state index in [2.05, 4.69) is 11.6 Å². The van der Waals surface area contributed by atoms with Crippen LogP contribution in [0.3, 0.4) is 0 Å². The molecule has 2 atom stereocenters. The van der Waals surface area contributed by atoms with E-state index in [0.717, 1.165) is 32.1 Å². The molecule has 0 saturated heterocycles. The van der Waals surface area contributed by atoms with Gasteiger partial charge >= 0.3 is 0 Å². The summed E-state index contributed by atoms with van der Waals surface area (Å²) >= 11 is 0. The fraction of sp³-hybridized carbons (Fsp3) is 0.909. The van der Waals surface area contributed by atoms with Crippen molar-refractivity contribution < 1.29 is 8.42 Å².